The van der Waals surface area contributed by atoms with E-state index in [0.29, 0.717) is 6.42 Å². The van der Waals surface area contributed by atoms with E-state index in [-0.39, 0.29) is 23.9 Å². The molecule has 0 aromatic rings. The lowest BCUT2D eigenvalue weighted by atomic mass is 10.1. The Morgan fingerprint density at radius 1 is 1.39 bits per heavy atom. The number of hydrogen-bond donors (Lipinski definition) is 1. The van der Waals surface area contributed by atoms with Crippen LogP contribution >= 0.6 is 11.8 Å². The van der Waals surface area contributed by atoms with Crippen LogP contribution in [0.3, 0.4) is 0 Å². The monoisotopic (exact) mass is 272 g/mol. The average molecular weight is 272 g/mol. The molecule has 2 atom stereocenters. The zero-order valence-electron chi connectivity index (χ0n) is 11.6. The molecule has 1 saturated heterocycles. The Balaban J connectivity index is 2.70. The zero-order valence-corrected chi connectivity index (χ0v) is 12.4. The molecule has 0 aliphatic carbocycles. The zero-order chi connectivity index (χ0) is 13.5. The Hall–Kier alpha value is -0.710. The maximum Gasteiger partial charge on any atom is 0.245 e. The van der Waals surface area contributed by atoms with Crippen molar-refractivity contribution in [3.05, 3.63) is 0 Å². The van der Waals surface area contributed by atoms with Crippen LogP contribution in [-0.4, -0.2) is 46.8 Å². The number of hydrogen-bond acceptors (Lipinski definition) is 3. The largest absolute Gasteiger partial charge is 0.344 e. The molecule has 0 spiro atoms. The number of rotatable bonds is 6. The molecule has 0 radical (unpaired) electrons. The molecule has 0 aromatic carbocycles. The molecule has 0 bridgehead atoms. The second-order valence-electron chi connectivity index (χ2n) is 4.69. The van der Waals surface area contributed by atoms with E-state index in [4.69, 9.17) is 0 Å². The quantitative estimate of drug-likeness (QED) is 0.748. The predicted molar refractivity (Wildman–Crippen MR) is 75.6 cm³/mol. The highest BCUT2D eigenvalue weighted by Gasteiger charge is 2.32. The predicted octanol–water partition coefficient (Wildman–Crippen LogP) is 1.65. The maximum atomic E-state index is 12.4. The van der Waals surface area contributed by atoms with Crippen LogP contribution in [0.5, 0.6) is 0 Å². The fraction of sp³-hybridized carbons (Fsp3) is 0.846. The fourth-order valence-electron chi connectivity index (χ4n) is 2.23. The maximum absolute atomic E-state index is 12.4. The lowest BCUT2D eigenvalue weighted by Crippen LogP contribution is -2.47. The molecule has 18 heavy (non-hydrogen) atoms. The number of nitrogens with zero attached hydrogens (tertiary/aromatic N) is 1. The number of carbonyl (C=O) groups is 2. The minimum atomic E-state index is -0.320. The van der Waals surface area contributed by atoms with Crippen LogP contribution in [-0.2, 0) is 9.59 Å². The molecular formula is C13H24N2O2S. The summed E-state index contributed by atoms with van der Waals surface area (Å²) >= 11 is 1.83. The minimum absolute atomic E-state index is 0.0000513. The standard InChI is InChI=1S/C13H24N2O2S/c1-4-6-11-13(17)15(7-8-18-5-2)10(3)9-12(16)14-11/h10-11H,4-9H2,1-3H3,(H,14,16). The molecule has 2 unspecified atom stereocenters. The molecule has 1 aliphatic heterocycles. The summed E-state index contributed by atoms with van der Waals surface area (Å²) in [6, 6.07) is -0.309. The Kier molecular flexibility index (Phi) is 6.54. The van der Waals surface area contributed by atoms with Gasteiger partial charge >= 0.3 is 0 Å². The molecule has 1 aliphatic rings. The van der Waals surface area contributed by atoms with Crippen molar-refractivity contribution in [3.63, 3.8) is 0 Å². The highest BCUT2D eigenvalue weighted by atomic mass is 32.2. The Morgan fingerprint density at radius 3 is 2.72 bits per heavy atom. The van der Waals surface area contributed by atoms with Crippen LogP contribution < -0.4 is 5.32 Å². The summed E-state index contributed by atoms with van der Waals surface area (Å²) in [4.78, 5) is 26.0. The van der Waals surface area contributed by atoms with Crippen LogP contribution in [0.2, 0.25) is 0 Å². The topological polar surface area (TPSA) is 49.4 Å². The van der Waals surface area contributed by atoms with Gasteiger partial charge in [0.15, 0.2) is 0 Å². The average Bonchev–Trinajstić information content (AvgIpc) is 2.41. The number of carbonyl (C=O) groups excluding carboxylic acids is 2. The molecule has 5 heteroatoms. The number of nitrogens with one attached hydrogen (secondary N) is 1. The van der Waals surface area contributed by atoms with E-state index in [2.05, 4.69) is 12.2 Å². The van der Waals surface area contributed by atoms with Gasteiger partial charge in [-0.1, -0.05) is 20.3 Å². The lowest BCUT2D eigenvalue weighted by molar-refractivity contribution is -0.134. The van der Waals surface area contributed by atoms with Crippen LogP contribution in [0, 0.1) is 0 Å². The van der Waals surface area contributed by atoms with Gasteiger partial charge in [-0.2, -0.15) is 11.8 Å². The normalized spacial score (nSPS) is 24.9. The van der Waals surface area contributed by atoms with Gasteiger partial charge in [0.05, 0.1) is 0 Å². The first kappa shape index (κ1) is 15.3. The summed E-state index contributed by atoms with van der Waals surface area (Å²) < 4.78 is 0. The van der Waals surface area contributed by atoms with E-state index in [1.54, 1.807) is 0 Å². The second kappa shape index (κ2) is 7.67. The molecule has 1 N–H and O–H groups in total. The summed E-state index contributed by atoms with van der Waals surface area (Å²) in [5.41, 5.74) is 0. The SMILES string of the molecule is CCCC1NC(=O)CC(C)N(CCSCC)C1=O. The summed E-state index contributed by atoms with van der Waals surface area (Å²) in [5, 5.41) is 2.84. The van der Waals surface area contributed by atoms with Gasteiger partial charge in [0, 0.05) is 24.8 Å². The third-order valence-electron chi connectivity index (χ3n) is 3.19. The van der Waals surface area contributed by atoms with Crippen molar-refractivity contribution in [2.24, 2.45) is 0 Å². The Bertz CT molecular complexity index is 297. The van der Waals surface area contributed by atoms with E-state index in [9.17, 15) is 9.59 Å². The van der Waals surface area contributed by atoms with Gasteiger partial charge < -0.3 is 10.2 Å². The van der Waals surface area contributed by atoms with Crippen molar-refractivity contribution in [2.75, 3.05) is 18.1 Å². The van der Waals surface area contributed by atoms with Gasteiger partial charge in [0.1, 0.15) is 6.04 Å². The molecule has 0 aromatic heterocycles. The van der Waals surface area contributed by atoms with E-state index < -0.39 is 0 Å². The molecule has 2 amide bonds. The van der Waals surface area contributed by atoms with Gasteiger partial charge in [-0.25, -0.2) is 0 Å². The van der Waals surface area contributed by atoms with Crippen molar-refractivity contribution >= 4 is 23.6 Å². The van der Waals surface area contributed by atoms with Gasteiger partial charge in [-0.3, -0.25) is 9.59 Å². The number of amides is 2. The molecule has 1 heterocycles. The van der Waals surface area contributed by atoms with Crippen LogP contribution in [0.25, 0.3) is 0 Å². The van der Waals surface area contributed by atoms with Crippen LogP contribution in [0.4, 0.5) is 0 Å². The minimum Gasteiger partial charge on any atom is -0.344 e. The summed E-state index contributed by atoms with van der Waals surface area (Å²) in [6.45, 7) is 6.85. The molecule has 1 fully saturated rings. The fourth-order valence-corrected chi connectivity index (χ4v) is 2.85. The summed E-state index contributed by atoms with van der Waals surface area (Å²) in [5.74, 6) is 2.10. The first-order valence-electron chi connectivity index (χ1n) is 6.77. The van der Waals surface area contributed by atoms with Gasteiger partial charge in [-0.05, 0) is 19.1 Å². The van der Waals surface area contributed by atoms with Gasteiger partial charge in [-0.15, -0.1) is 0 Å². The van der Waals surface area contributed by atoms with Crippen LogP contribution in [0.1, 0.15) is 40.0 Å². The Morgan fingerprint density at radius 2 is 2.11 bits per heavy atom. The molecule has 1 rings (SSSR count). The molecule has 104 valence electrons. The van der Waals surface area contributed by atoms with Crippen LogP contribution in [0.15, 0.2) is 0 Å². The molecular weight excluding hydrogens is 248 g/mol. The van der Waals surface area contributed by atoms with Crippen molar-refractivity contribution in [1.29, 1.82) is 0 Å². The first-order valence-corrected chi connectivity index (χ1v) is 7.93. The van der Waals surface area contributed by atoms with E-state index in [1.165, 1.54) is 0 Å². The summed E-state index contributed by atoms with van der Waals surface area (Å²) in [7, 11) is 0. The third-order valence-corrected chi connectivity index (χ3v) is 4.07. The van der Waals surface area contributed by atoms with Gasteiger partial charge in [0.2, 0.25) is 11.8 Å². The third kappa shape index (κ3) is 4.19. The summed E-state index contributed by atoms with van der Waals surface area (Å²) in [6.07, 6.45) is 2.06. The Labute approximate surface area is 114 Å². The second-order valence-corrected chi connectivity index (χ2v) is 6.08. The highest BCUT2D eigenvalue weighted by Crippen LogP contribution is 2.15. The number of thioether (sulfide) groups is 1. The highest BCUT2D eigenvalue weighted by molar-refractivity contribution is 7.99. The van der Waals surface area contributed by atoms with Gasteiger partial charge in [0.25, 0.3) is 0 Å². The van der Waals surface area contributed by atoms with E-state index >= 15 is 0 Å². The van der Waals surface area contributed by atoms with E-state index in [1.807, 2.05) is 30.5 Å². The van der Waals surface area contributed by atoms with E-state index in [0.717, 1.165) is 30.9 Å². The van der Waals surface area contributed by atoms with Crippen molar-refractivity contribution < 1.29 is 9.59 Å². The smallest absolute Gasteiger partial charge is 0.245 e. The van der Waals surface area contributed by atoms with Crippen molar-refractivity contribution in [2.45, 2.75) is 52.1 Å². The first-order chi connectivity index (χ1) is 8.60. The van der Waals surface area contributed by atoms with Crippen molar-refractivity contribution in [3.8, 4) is 0 Å². The lowest BCUT2D eigenvalue weighted by Gasteiger charge is -2.28. The van der Waals surface area contributed by atoms with Crippen molar-refractivity contribution in [1.82, 2.24) is 10.2 Å². The molecule has 0 saturated carbocycles. The molecule has 4 nitrogen and oxygen atoms in total.